The zero-order valence-corrected chi connectivity index (χ0v) is 19.7. The van der Waals surface area contributed by atoms with E-state index >= 15 is 0 Å². The van der Waals surface area contributed by atoms with Gasteiger partial charge in [-0.1, -0.05) is 36.7 Å². The van der Waals surface area contributed by atoms with Gasteiger partial charge in [0.1, 0.15) is 11.8 Å². The molecule has 0 saturated heterocycles. The van der Waals surface area contributed by atoms with Crippen molar-refractivity contribution in [2.75, 3.05) is 6.61 Å². The number of benzene rings is 2. The molecule has 0 saturated carbocycles. The smallest absolute Gasteiger partial charge is 0.261 e. The molecule has 0 aliphatic rings. The van der Waals surface area contributed by atoms with E-state index in [2.05, 4.69) is 27.9 Å². The van der Waals surface area contributed by atoms with Crippen molar-refractivity contribution in [1.29, 1.82) is 0 Å². The van der Waals surface area contributed by atoms with E-state index in [0.29, 0.717) is 10.8 Å². The lowest BCUT2D eigenvalue weighted by Gasteiger charge is -2.30. The summed E-state index contributed by atoms with van der Waals surface area (Å²) in [6.45, 7) is 5.72. The van der Waals surface area contributed by atoms with Crippen LogP contribution in [-0.4, -0.2) is 35.4 Å². The van der Waals surface area contributed by atoms with Crippen LogP contribution in [0.25, 0.3) is 0 Å². The van der Waals surface area contributed by atoms with Crippen molar-refractivity contribution in [1.82, 2.24) is 10.2 Å². The highest BCUT2D eigenvalue weighted by Crippen LogP contribution is 2.19. The Hall–Kier alpha value is -1.80. The van der Waals surface area contributed by atoms with E-state index in [0.717, 1.165) is 15.6 Å². The molecule has 0 aliphatic heterocycles. The summed E-state index contributed by atoms with van der Waals surface area (Å²) in [6, 6.07) is 14.1. The standard InChI is InChI=1S/C22H26ClIN2O3/c1-4-15(2)25-22(28)16(3)26(13-17-7-5-6-8-20(17)23)21(27)14-29-19-11-9-18(24)10-12-19/h5-12,15-16H,4,13-14H2,1-3H3,(H,25,28)/t15-,16-/m1/s1. The average molecular weight is 529 g/mol. The second-order valence-electron chi connectivity index (χ2n) is 6.85. The number of amides is 2. The van der Waals surface area contributed by atoms with E-state index in [-0.39, 0.29) is 31.0 Å². The zero-order chi connectivity index (χ0) is 21.4. The molecule has 7 heteroatoms. The van der Waals surface area contributed by atoms with Crippen molar-refractivity contribution >= 4 is 46.0 Å². The maximum atomic E-state index is 13.0. The van der Waals surface area contributed by atoms with Crippen LogP contribution in [0.5, 0.6) is 5.75 Å². The summed E-state index contributed by atoms with van der Waals surface area (Å²) >= 11 is 8.49. The first-order valence-electron chi connectivity index (χ1n) is 9.53. The largest absolute Gasteiger partial charge is 0.484 e. The molecule has 0 aromatic heterocycles. The molecule has 2 atom stereocenters. The van der Waals surface area contributed by atoms with Crippen LogP contribution in [0.3, 0.4) is 0 Å². The van der Waals surface area contributed by atoms with Crippen LogP contribution in [0.1, 0.15) is 32.8 Å². The second kappa shape index (κ2) is 11.4. The van der Waals surface area contributed by atoms with Crippen LogP contribution in [0, 0.1) is 3.57 Å². The summed E-state index contributed by atoms with van der Waals surface area (Å²) < 4.78 is 6.73. The number of nitrogens with one attached hydrogen (secondary N) is 1. The number of carbonyl (C=O) groups excluding carboxylic acids is 2. The molecule has 1 N–H and O–H groups in total. The van der Waals surface area contributed by atoms with Gasteiger partial charge in [0.05, 0.1) is 0 Å². The lowest BCUT2D eigenvalue weighted by molar-refractivity contribution is -0.142. The van der Waals surface area contributed by atoms with Gasteiger partial charge < -0.3 is 15.0 Å². The first-order chi connectivity index (χ1) is 13.8. The number of halogens is 2. The number of ether oxygens (including phenoxy) is 1. The molecule has 2 aromatic carbocycles. The number of rotatable bonds is 9. The summed E-state index contributed by atoms with van der Waals surface area (Å²) in [7, 11) is 0. The predicted molar refractivity (Wildman–Crippen MR) is 124 cm³/mol. The molecular formula is C22H26ClIN2O3. The Bertz CT molecular complexity index is 829. The minimum atomic E-state index is -0.659. The Balaban J connectivity index is 2.15. The van der Waals surface area contributed by atoms with Crippen LogP contribution in [0.4, 0.5) is 0 Å². The Labute approximate surface area is 190 Å². The summed E-state index contributed by atoms with van der Waals surface area (Å²) in [4.78, 5) is 27.1. The van der Waals surface area contributed by atoms with Crippen molar-refractivity contribution in [3.8, 4) is 5.75 Å². The Morgan fingerprint density at radius 3 is 2.41 bits per heavy atom. The fourth-order valence-corrected chi connectivity index (χ4v) is 3.17. The quantitative estimate of drug-likeness (QED) is 0.482. The van der Waals surface area contributed by atoms with Gasteiger partial charge in [-0.2, -0.15) is 0 Å². The maximum absolute atomic E-state index is 13.0. The maximum Gasteiger partial charge on any atom is 0.261 e. The van der Waals surface area contributed by atoms with Crippen molar-refractivity contribution in [3.05, 3.63) is 62.7 Å². The van der Waals surface area contributed by atoms with Crippen molar-refractivity contribution in [2.24, 2.45) is 0 Å². The lowest BCUT2D eigenvalue weighted by Crippen LogP contribution is -2.50. The molecule has 0 heterocycles. The monoisotopic (exact) mass is 528 g/mol. The van der Waals surface area contributed by atoms with Gasteiger partial charge in [-0.05, 0) is 78.8 Å². The molecular weight excluding hydrogens is 503 g/mol. The van der Waals surface area contributed by atoms with Crippen LogP contribution in [0.15, 0.2) is 48.5 Å². The third-order valence-electron chi connectivity index (χ3n) is 4.64. The van der Waals surface area contributed by atoms with Crippen molar-refractivity contribution in [3.63, 3.8) is 0 Å². The first-order valence-corrected chi connectivity index (χ1v) is 11.0. The molecule has 0 bridgehead atoms. The Kier molecular flexibility index (Phi) is 9.23. The van der Waals surface area contributed by atoms with Gasteiger partial charge in [-0.25, -0.2) is 0 Å². The Morgan fingerprint density at radius 1 is 1.14 bits per heavy atom. The van der Waals surface area contributed by atoms with Gasteiger partial charge in [0.15, 0.2) is 6.61 Å². The highest BCUT2D eigenvalue weighted by atomic mass is 127. The highest BCUT2D eigenvalue weighted by Gasteiger charge is 2.27. The molecule has 2 aromatic rings. The second-order valence-corrected chi connectivity index (χ2v) is 8.50. The molecule has 0 unspecified atom stereocenters. The third-order valence-corrected chi connectivity index (χ3v) is 5.73. The predicted octanol–water partition coefficient (Wildman–Crippen LogP) is 4.66. The van der Waals surface area contributed by atoms with Gasteiger partial charge in [0.2, 0.25) is 5.91 Å². The van der Waals surface area contributed by atoms with Crippen LogP contribution in [0.2, 0.25) is 5.02 Å². The van der Waals surface area contributed by atoms with Gasteiger partial charge in [0.25, 0.3) is 5.91 Å². The summed E-state index contributed by atoms with van der Waals surface area (Å²) in [5.41, 5.74) is 0.778. The lowest BCUT2D eigenvalue weighted by atomic mass is 10.1. The number of carbonyl (C=O) groups is 2. The number of hydrogen-bond donors (Lipinski definition) is 1. The number of nitrogens with zero attached hydrogens (tertiary/aromatic N) is 1. The van der Waals surface area contributed by atoms with E-state index in [4.69, 9.17) is 16.3 Å². The van der Waals surface area contributed by atoms with E-state index in [9.17, 15) is 9.59 Å². The van der Waals surface area contributed by atoms with E-state index < -0.39 is 6.04 Å². The van der Waals surface area contributed by atoms with Crippen molar-refractivity contribution < 1.29 is 14.3 Å². The fourth-order valence-electron chi connectivity index (χ4n) is 2.62. The number of hydrogen-bond acceptors (Lipinski definition) is 3. The molecule has 5 nitrogen and oxygen atoms in total. The molecule has 2 rings (SSSR count). The first kappa shape index (κ1) is 23.5. The van der Waals surface area contributed by atoms with Gasteiger partial charge >= 0.3 is 0 Å². The topological polar surface area (TPSA) is 58.6 Å². The molecule has 0 radical (unpaired) electrons. The third kappa shape index (κ3) is 7.19. The summed E-state index contributed by atoms with van der Waals surface area (Å²) in [6.07, 6.45) is 0.812. The molecule has 156 valence electrons. The normalized spacial score (nSPS) is 12.7. The minimum absolute atomic E-state index is 0.0326. The van der Waals surface area contributed by atoms with E-state index in [1.807, 2.05) is 56.3 Å². The fraction of sp³-hybridized carbons (Fsp3) is 0.364. The average Bonchev–Trinajstić information content (AvgIpc) is 2.71. The van der Waals surface area contributed by atoms with Gasteiger partial charge in [0, 0.05) is 21.2 Å². The highest BCUT2D eigenvalue weighted by molar-refractivity contribution is 14.1. The molecule has 2 amide bonds. The molecule has 0 spiro atoms. The van der Waals surface area contributed by atoms with Crippen LogP contribution >= 0.6 is 34.2 Å². The van der Waals surface area contributed by atoms with E-state index in [1.165, 1.54) is 4.90 Å². The van der Waals surface area contributed by atoms with Crippen molar-refractivity contribution in [2.45, 2.75) is 45.8 Å². The molecule has 0 fully saturated rings. The summed E-state index contributed by atoms with van der Waals surface area (Å²) in [5.74, 6) is 0.123. The van der Waals surface area contributed by atoms with E-state index in [1.54, 1.807) is 13.0 Å². The summed E-state index contributed by atoms with van der Waals surface area (Å²) in [5, 5.41) is 3.49. The minimum Gasteiger partial charge on any atom is -0.484 e. The SMILES string of the molecule is CC[C@@H](C)NC(=O)[C@@H](C)N(Cc1ccccc1Cl)C(=O)COc1ccc(I)cc1. The molecule has 29 heavy (non-hydrogen) atoms. The van der Waals surface area contributed by atoms with Crippen LogP contribution < -0.4 is 10.1 Å². The van der Waals surface area contributed by atoms with Gasteiger partial charge in [-0.3, -0.25) is 9.59 Å². The van der Waals surface area contributed by atoms with Gasteiger partial charge in [-0.15, -0.1) is 0 Å². The molecule has 0 aliphatic carbocycles. The zero-order valence-electron chi connectivity index (χ0n) is 16.8. The van der Waals surface area contributed by atoms with Crippen LogP contribution in [-0.2, 0) is 16.1 Å². The Morgan fingerprint density at radius 2 is 1.79 bits per heavy atom.